The van der Waals surface area contributed by atoms with Crippen LogP contribution in [0.5, 0.6) is 0 Å². The lowest BCUT2D eigenvalue weighted by Gasteiger charge is -2.25. The van der Waals surface area contributed by atoms with E-state index in [-0.39, 0.29) is 23.9 Å². The molecule has 0 aliphatic carbocycles. The number of hydrogen-bond acceptors (Lipinski definition) is 2. The Morgan fingerprint density at radius 3 is 2.46 bits per heavy atom. The number of hydrogen-bond donors (Lipinski definition) is 1. The van der Waals surface area contributed by atoms with Gasteiger partial charge in [0.25, 0.3) is 5.56 Å². The van der Waals surface area contributed by atoms with E-state index in [1.54, 1.807) is 4.90 Å². The molecule has 1 aromatic heterocycles. The number of aromatic amines is 1. The molecule has 0 atom stereocenters. The highest BCUT2D eigenvalue weighted by atomic mass is 16.2. The average molecular weight is 348 g/mol. The van der Waals surface area contributed by atoms with Crippen molar-refractivity contribution in [1.29, 1.82) is 0 Å². The van der Waals surface area contributed by atoms with Crippen molar-refractivity contribution in [3.05, 3.63) is 75.6 Å². The lowest BCUT2D eigenvalue weighted by Crippen LogP contribution is -2.35. The minimum Gasteiger partial charge on any atom is -0.322 e. The van der Waals surface area contributed by atoms with Crippen molar-refractivity contribution in [2.75, 3.05) is 4.90 Å². The van der Waals surface area contributed by atoms with Gasteiger partial charge >= 0.3 is 0 Å². The molecule has 4 heteroatoms. The second-order valence-corrected chi connectivity index (χ2v) is 7.13. The predicted molar refractivity (Wildman–Crippen MR) is 107 cm³/mol. The molecule has 0 saturated carbocycles. The molecule has 0 spiro atoms. The number of rotatable bonds is 4. The van der Waals surface area contributed by atoms with Gasteiger partial charge in [-0.3, -0.25) is 9.59 Å². The molecule has 4 nitrogen and oxygen atoms in total. The summed E-state index contributed by atoms with van der Waals surface area (Å²) in [6, 6.07) is 15.6. The van der Waals surface area contributed by atoms with Gasteiger partial charge in [-0.05, 0) is 54.6 Å². The maximum Gasteiger partial charge on any atom is 0.253 e. The Hall–Kier alpha value is -2.88. The third kappa shape index (κ3) is 3.69. The number of anilines is 1. The van der Waals surface area contributed by atoms with Crippen molar-refractivity contribution < 1.29 is 4.79 Å². The zero-order valence-corrected chi connectivity index (χ0v) is 15.7. The van der Waals surface area contributed by atoms with E-state index in [1.165, 1.54) is 0 Å². The SMILES string of the molecule is Cc1cccc(N(Cc2cc3ccc(C)cc3[nH]c2=O)C(=O)C(C)C)c1. The van der Waals surface area contributed by atoms with Crippen LogP contribution in [-0.2, 0) is 11.3 Å². The van der Waals surface area contributed by atoms with E-state index in [0.29, 0.717) is 5.56 Å². The van der Waals surface area contributed by atoms with Gasteiger partial charge in [0.2, 0.25) is 5.91 Å². The van der Waals surface area contributed by atoms with Gasteiger partial charge in [-0.1, -0.05) is 38.1 Å². The van der Waals surface area contributed by atoms with Crippen LogP contribution >= 0.6 is 0 Å². The Bertz CT molecular complexity index is 1020. The van der Waals surface area contributed by atoms with Gasteiger partial charge in [0.1, 0.15) is 0 Å². The van der Waals surface area contributed by atoms with Crippen molar-refractivity contribution in [3.63, 3.8) is 0 Å². The third-order valence-electron chi connectivity index (χ3n) is 4.48. The third-order valence-corrected chi connectivity index (χ3v) is 4.48. The Balaban J connectivity index is 2.05. The van der Waals surface area contributed by atoms with Gasteiger partial charge in [0, 0.05) is 22.7 Å². The van der Waals surface area contributed by atoms with Crippen LogP contribution in [0.4, 0.5) is 5.69 Å². The first kappa shape index (κ1) is 17.9. The molecule has 0 saturated heterocycles. The minimum atomic E-state index is -0.155. The summed E-state index contributed by atoms with van der Waals surface area (Å²) in [5, 5.41) is 0.964. The normalized spacial score (nSPS) is 11.1. The van der Waals surface area contributed by atoms with Crippen LogP contribution in [0.25, 0.3) is 10.9 Å². The van der Waals surface area contributed by atoms with Crippen molar-refractivity contribution in [2.24, 2.45) is 5.92 Å². The van der Waals surface area contributed by atoms with E-state index in [4.69, 9.17) is 0 Å². The number of benzene rings is 2. The minimum absolute atomic E-state index is 0.000923. The molecule has 3 rings (SSSR count). The molecule has 0 bridgehead atoms. The van der Waals surface area contributed by atoms with E-state index in [0.717, 1.165) is 27.7 Å². The molecular weight excluding hydrogens is 324 g/mol. The summed E-state index contributed by atoms with van der Waals surface area (Å²) in [5.41, 5.74) is 4.22. The molecule has 0 radical (unpaired) electrons. The first-order chi connectivity index (χ1) is 12.3. The molecular formula is C22H24N2O2. The van der Waals surface area contributed by atoms with Crippen LogP contribution in [0.2, 0.25) is 0 Å². The molecule has 0 fully saturated rings. The lowest BCUT2D eigenvalue weighted by molar-refractivity contribution is -0.121. The summed E-state index contributed by atoms with van der Waals surface area (Å²) in [6.45, 7) is 7.98. The Kier molecular flexibility index (Phi) is 4.94. The zero-order valence-electron chi connectivity index (χ0n) is 15.7. The summed E-state index contributed by atoms with van der Waals surface area (Å²) in [5.74, 6) is -0.156. The highest BCUT2D eigenvalue weighted by molar-refractivity contribution is 5.94. The summed E-state index contributed by atoms with van der Waals surface area (Å²) >= 11 is 0. The molecule has 26 heavy (non-hydrogen) atoms. The Morgan fingerprint density at radius 2 is 1.77 bits per heavy atom. The summed E-state index contributed by atoms with van der Waals surface area (Å²) < 4.78 is 0. The van der Waals surface area contributed by atoms with Crippen LogP contribution in [0, 0.1) is 19.8 Å². The molecule has 2 aromatic carbocycles. The van der Waals surface area contributed by atoms with Crippen LogP contribution in [0.3, 0.4) is 0 Å². The largest absolute Gasteiger partial charge is 0.322 e. The van der Waals surface area contributed by atoms with E-state index >= 15 is 0 Å². The van der Waals surface area contributed by atoms with Crippen LogP contribution in [-0.4, -0.2) is 10.9 Å². The first-order valence-electron chi connectivity index (χ1n) is 8.86. The van der Waals surface area contributed by atoms with Gasteiger partial charge in [0.05, 0.1) is 6.54 Å². The van der Waals surface area contributed by atoms with Crippen molar-refractivity contribution in [1.82, 2.24) is 4.98 Å². The predicted octanol–water partition coefficient (Wildman–Crippen LogP) is 4.33. The smallest absolute Gasteiger partial charge is 0.253 e. The van der Waals surface area contributed by atoms with E-state index in [2.05, 4.69) is 4.98 Å². The standard InChI is InChI=1S/C22H24N2O2/c1-14(2)22(26)24(19-7-5-6-15(3)10-19)13-18-12-17-9-8-16(4)11-20(17)23-21(18)25/h5-12,14H,13H2,1-4H3,(H,23,25). The quantitative estimate of drug-likeness (QED) is 0.763. The number of aromatic nitrogens is 1. The molecule has 0 unspecified atom stereocenters. The number of carbonyl (C=O) groups excluding carboxylic acids is 1. The number of nitrogens with zero attached hydrogens (tertiary/aromatic N) is 1. The second kappa shape index (κ2) is 7.16. The highest BCUT2D eigenvalue weighted by Crippen LogP contribution is 2.21. The van der Waals surface area contributed by atoms with E-state index < -0.39 is 0 Å². The zero-order chi connectivity index (χ0) is 18.8. The number of amides is 1. The topological polar surface area (TPSA) is 53.2 Å². The summed E-state index contributed by atoms with van der Waals surface area (Å²) in [4.78, 5) is 30.0. The van der Waals surface area contributed by atoms with Gasteiger partial charge in [-0.2, -0.15) is 0 Å². The van der Waals surface area contributed by atoms with Gasteiger partial charge in [0.15, 0.2) is 0 Å². The lowest BCUT2D eigenvalue weighted by atomic mass is 10.1. The van der Waals surface area contributed by atoms with Crippen molar-refractivity contribution in [2.45, 2.75) is 34.2 Å². The monoisotopic (exact) mass is 348 g/mol. The number of pyridine rings is 1. The number of aryl methyl sites for hydroxylation is 2. The molecule has 1 N–H and O–H groups in total. The van der Waals surface area contributed by atoms with Crippen LogP contribution < -0.4 is 10.5 Å². The van der Waals surface area contributed by atoms with E-state index in [9.17, 15) is 9.59 Å². The number of nitrogens with one attached hydrogen (secondary N) is 1. The average Bonchev–Trinajstić information content (AvgIpc) is 2.59. The number of fused-ring (bicyclic) bond motifs is 1. The molecule has 1 heterocycles. The fourth-order valence-corrected chi connectivity index (χ4v) is 3.05. The Morgan fingerprint density at radius 1 is 1.04 bits per heavy atom. The van der Waals surface area contributed by atoms with Gasteiger partial charge in [-0.25, -0.2) is 0 Å². The van der Waals surface area contributed by atoms with Gasteiger partial charge < -0.3 is 9.88 Å². The van der Waals surface area contributed by atoms with Crippen molar-refractivity contribution >= 4 is 22.5 Å². The molecule has 3 aromatic rings. The molecule has 134 valence electrons. The molecule has 0 aliphatic rings. The summed E-state index contributed by atoms with van der Waals surface area (Å²) in [6.07, 6.45) is 0. The fourth-order valence-electron chi connectivity index (χ4n) is 3.05. The van der Waals surface area contributed by atoms with E-state index in [1.807, 2.05) is 76.2 Å². The first-order valence-corrected chi connectivity index (χ1v) is 8.86. The van der Waals surface area contributed by atoms with Gasteiger partial charge in [-0.15, -0.1) is 0 Å². The number of carbonyl (C=O) groups is 1. The summed E-state index contributed by atoms with van der Waals surface area (Å²) in [7, 11) is 0. The number of H-pyrrole nitrogens is 1. The highest BCUT2D eigenvalue weighted by Gasteiger charge is 2.20. The van der Waals surface area contributed by atoms with Crippen LogP contribution in [0.1, 0.15) is 30.5 Å². The maximum atomic E-state index is 12.8. The van der Waals surface area contributed by atoms with Crippen LogP contribution in [0.15, 0.2) is 53.3 Å². The maximum absolute atomic E-state index is 12.8. The molecule has 0 aliphatic heterocycles. The second-order valence-electron chi connectivity index (χ2n) is 7.13. The Labute approximate surface area is 153 Å². The van der Waals surface area contributed by atoms with Crippen molar-refractivity contribution in [3.8, 4) is 0 Å². The molecule has 1 amide bonds. The fraction of sp³-hybridized carbons (Fsp3) is 0.273.